The largest absolute Gasteiger partial charge is 0.460 e. The number of aliphatic imine (C=N–C) groups is 1. The van der Waals surface area contributed by atoms with Crippen LogP contribution in [-0.2, 0) is 9.53 Å². The first-order valence-corrected chi connectivity index (χ1v) is 11.8. The summed E-state index contributed by atoms with van der Waals surface area (Å²) in [6.07, 6.45) is 0.0886. The molecule has 1 aromatic carbocycles. The van der Waals surface area contributed by atoms with Crippen LogP contribution in [0.3, 0.4) is 0 Å². The fourth-order valence-electron chi connectivity index (χ4n) is 3.92. The number of esters is 1. The van der Waals surface area contributed by atoms with Gasteiger partial charge in [0.15, 0.2) is 5.82 Å². The molecule has 4 rings (SSSR count). The first kappa shape index (κ1) is 22.9. The maximum Gasteiger partial charge on any atom is 0.308 e. The molecule has 3 aromatic rings. The van der Waals surface area contributed by atoms with E-state index < -0.39 is 11.6 Å². The predicted octanol–water partition coefficient (Wildman–Crippen LogP) is 5.25. The minimum atomic E-state index is -0.569. The van der Waals surface area contributed by atoms with E-state index in [1.807, 2.05) is 63.5 Å². The molecule has 6 nitrogen and oxygen atoms in total. The van der Waals surface area contributed by atoms with Gasteiger partial charge in [-0.25, -0.2) is 0 Å². The molecule has 0 amide bonds. The number of nitrogens with zero attached hydrogens (tertiary/aromatic N) is 4. The van der Waals surface area contributed by atoms with Crippen molar-refractivity contribution in [2.45, 2.75) is 66.5 Å². The van der Waals surface area contributed by atoms with E-state index in [0.717, 1.165) is 33.2 Å². The summed E-state index contributed by atoms with van der Waals surface area (Å²) < 4.78 is 7.65. The van der Waals surface area contributed by atoms with Crippen LogP contribution in [0.4, 0.5) is 0 Å². The summed E-state index contributed by atoms with van der Waals surface area (Å²) in [6, 6.07) is 7.57. The minimum Gasteiger partial charge on any atom is -0.460 e. The molecule has 33 heavy (non-hydrogen) atoms. The van der Waals surface area contributed by atoms with E-state index in [1.54, 1.807) is 11.3 Å². The van der Waals surface area contributed by atoms with Gasteiger partial charge in [-0.2, -0.15) is 0 Å². The van der Waals surface area contributed by atoms with Crippen molar-refractivity contribution in [3.63, 3.8) is 0 Å². The van der Waals surface area contributed by atoms with Gasteiger partial charge in [0.1, 0.15) is 22.5 Å². The summed E-state index contributed by atoms with van der Waals surface area (Å²) in [4.78, 5) is 19.1. The molecule has 1 atom stereocenters. The maximum absolute atomic E-state index is 12.8. The molecule has 170 valence electrons. The lowest BCUT2D eigenvalue weighted by Gasteiger charge is -2.21. The molecule has 3 heterocycles. The Morgan fingerprint density at radius 1 is 1.15 bits per heavy atom. The highest BCUT2D eigenvalue weighted by Crippen LogP contribution is 2.39. The van der Waals surface area contributed by atoms with Gasteiger partial charge in [-0.3, -0.25) is 14.4 Å². The van der Waals surface area contributed by atoms with Gasteiger partial charge in [-0.15, -0.1) is 27.5 Å². The predicted molar refractivity (Wildman–Crippen MR) is 131 cm³/mol. The SMILES string of the molecule is CC#Cc1ccc(C2=NC(CC(=O)OC(C)(C)C)c3nnc(C)n3-c3sc(C)c(C)c32)cc1. The first-order valence-electron chi connectivity index (χ1n) is 10.9. The summed E-state index contributed by atoms with van der Waals surface area (Å²) in [5, 5.41) is 9.79. The van der Waals surface area contributed by atoms with Crippen molar-refractivity contribution in [1.29, 1.82) is 0 Å². The second-order valence-electron chi connectivity index (χ2n) is 9.14. The lowest BCUT2D eigenvalue weighted by molar-refractivity contribution is -0.155. The zero-order chi connectivity index (χ0) is 23.9. The minimum absolute atomic E-state index is 0.0886. The van der Waals surface area contributed by atoms with E-state index in [1.165, 1.54) is 10.4 Å². The molecular formula is C26H28N4O2S. The summed E-state index contributed by atoms with van der Waals surface area (Å²) in [7, 11) is 0. The standard InChI is InChI=1S/C26H28N4O2S/c1-8-9-18-10-12-19(13-11-18)23-22-15(2)16(3)33-25(22)30-17(4)28-29-24(30)20(27-23)14-21(31)32-26(5,6)7/h10-13,20H,14H2,1-7H3. The Bertz CT molecular complexity index is 1310. The number of hydrogen-bond acceptors (Lipinski definition) is 6. The highest BCUT2D eigenvalue weighted by molar-refractivity contribution is 7.15. The number of ether oxygens (including phenoxy) is 1. The molecule has 0 radical (unpaired) electrons. The lowest BCUT2D eigenvalue weighted by atomic mass is 9.98. The zero-order valence-corrected chi connectivity index (χ0v) is 20.9. The van der Waals surface area contributed by atoms with Crippen LogP contribution in [0.25, 0.3) is 5.00 Å². The van der Waals surface area contributed by atoms with Crippen molar-refractivity contribution >= 4 is 23.0 Å². The third kappa shape index (κ3) is 4.49. The van der Waals surface area contributed by atoms with E-state index in [2.05, 4.69) is 35.9 Å². The number of carbonyl (C=O) groups excluding carboxylic acids is 1. The van der Waals surface area contributed by atoms with Crippen LogP contribution in [0, 0.1) is 32.6 Å². The van der Waals surface area contributed by atoms with Crippen molar-refractivity contribution < 1.29 is 9.53 Å². The van der Waals surface area contributed by atoms with Gasteiger partial charge < -0.3 is 4.74 Å². The first-order chi connectivity index (χ1) is 15.6. The molecule has 1 aliphatic rings. The Morgan fingerprint density at radius 3 is 2.48 bits per heavy atom. The van der Waals surface area contributed by atoms with Gasteiger partial charge in [0, 0.05) is 21.6 Å². The lowest BCUT2D eigenvalue weighted by Crippen LogP contribution is -2.25. The van der Waals surface area contributed by atoms with E-state index in [-0.39, 0.29) is 12.4 Å². The molecule has 2 aromatic heterocycles. The Labute approximate surface area is 198 Å². The van der Waals surface area contributed by atoms with Gasteiger partial charge in [0.25, 0.3) is 0 Å². The molecule has 0 N–H and O–H groups in total. The Morgan fingerprint density at radius 2 is 1.85 bits per heavy atom. The van der Waals surface area contributed by atoms with Gasteiger partial charge in [0.05, 0.1) is 12.1 Å². The van der Waals surface area contributed by atoms with E-state index in [9.17, 15) is 4.79 Å². The third-order valence-corrected chi connectivity index (χ3v) is 6.64. The molecule has 0 spiro atoms. The number of fused-ring (bicyclic) bond motifs is 3. The van der Waals surface area contributed by atoms with Crippen molar-refractivity contribution in [3.05, 3.63) is 63.0 Å². The van der Waals surface area contributed by atoms with Gasteiger partial charge in [-0.05, 0) is 66.2 Å². The van der Waals surface area contributed by atoms with Crippen LogP contribution >= 0.6 is 11.3 Å². The Hall–Kier alpha value is -3.24. The summed E-state index contributed by atoms with van der Waals surface area (Å²) >= 11 is 1.70. The van der Waals surface area contributed by atoms with Crippen molar-refractivity contribution in [1.82, 2.24) is 14.8 Å². The number of benzene rings is 1. The van der Waals surface area contributed by atoms with Gasteiger partial charge in [-0.1, -0.05) is 18.1 Å². The Kier molecular flexibility index (Phi) is 5.98. The van der Waals surface area contributed by atoms with Gasteiger partial charge in [0.2, 0.25) is 0 Å². The number of aryl methyl sites for hydroxylation is 2. The fourth-order valence-corrected chi connectivity index (χ4v) is 5.14. The van der Waals surface area contributed by atoms with Crippen molar-refractivity contribution in [3.8, 4) is 16.8 Å². The van der Waals surface area contributed by atoms with Crippen LogP contribution in [0.15, 0.2) is 29.3 Å². The molecule has 0 aliphatic carbocycles. The van der Waals surface area contributed by atoms with Crippen LogP contribution in [0.5, 0.6) is 0 Å². The molecule has 0 saturated heterocycles. The maximum atomic E-state index is 12.8. The number of aromatic nitrogens is 3. The van der Waals surface area contributed by atoms with Crippen LogP contribution in [-0.4, -0.2) is 32.0 Å². The van der Waals surface area contributed by atoms with E-state index in [0.29, 0.717) is 5.82 Å². The number of hydrogen-bond donors (Lipinski definition) is 0. The zero-order valence-electron chi connectivity index (χ0n) is 20.1. The molecule has 1 unspecified atom stereocenters. The normalized spacial score (nSPS) is 15.0. The quantitative estimate of drug-likeness (QED) is 0.395. The number of rotatable bonds is 3. The molecular weight excluding hydrogens is 432 g/mol. The summed E-state index contributed by atoms with van der Waals surface area (Å²) in [6.45, 7) is 13.6. The summed E-state index contributed by atoms with van der Waals surface area (Å²) in [5.74, 6) is 7.14. The topological polar surface area (TPSA) is 69.4 Å². The monoisotopic (exact) mass is 460 g/mol. The van der Waals surface area contributed by atoms with E-state index in [4.69, 9.17) is 9.73 Å². The van der Waals surface area contributed by atoms with E-state index >= 15 is 0 Å². The van der Waals surface area contributed by atoms with Crippen LogP contribution in [0.1, 0.15) is 78.9 Å². The van der Waals surface area contributed by atoms with Crippen molar-refractivity contribution in [2.24, 2.45) is 4.99 Å². The van der Waals surface area contributed by atoms with Gasteiger partial charge >= 0.3 is 5.97 Å². The number of carbonyl (C=O) groups is 1. The Balaban J connectivity index is 1.90. The molecule has 7 heteroatoms. The van der Waals surface area contributed by atoms with Crippen molar-refractivity contribution in [2.75, 3.05) is 0 Å². The third-order valence-electron chi connectivity index (χ3n) is 5.45. The van der Waals surface area contributed by atoms with Crippen LogP contribution in [0.2, 0.25) is 0 Å². The van der Waals surface area contributed by atoms with Crippen LogP contribution < -0.4 is 0 Å². The highest BCUT2D eigenvalue weighted by atomic mass is 32.1. The molecule has 0 saturated carbocycles. The molecule has 0 fully saturated rings. The smallest absolute Gasteiger partial charge is 0.308 e. The second-order valence-corrected chi connectivity index (χ2v) is 10.3. The second kappa shape index (κ2) is 8.60. The number of thiophene rings is 1. The molecule has 1 aliphatic heterocycles. The average molecular weight is 461 g/mol. The molecule has 0 bridgehead atoms. The highest BCUT2D eigenvalue weighted by Gasteiger charge is 2.33. The fraction of sp³-hybridized carbons (Fsp3) is 0.385. The summed E-state index contributed by atoms with van der Waals surface area (Å²) in [5.41, 5.74) is 4.43. The average Bonchev–Trinajstić information content (AvgIpc) is 3.20.